The van der Waals surface area contributed by atoms with Crippen LogP contribution in [0, 0.1) is 0 Å². The van der Waals surface area contributed by atoms with Gasteiger partial charge in [0.15, 0.2) is 5.82 Å². The highest BCUT2D eigenvalue weighted by atomic mass is 16.5. The van der Waals surface area contributed by atoms with Crippen LogP contribution >= 0.6 is 0 Å². The smallest absolute Gasteiger partial charge is 0.249 e. The predicted molar refractivity (Wildman–Crippen MR) is 91.5 cm³/mol. The molecular formula is C19H21N3O3. The highest BCUT2D eigenvalue weighted by molar-refractivity contribution is 5.78. The Hall–Kier alpha value is -2.31. The van der Waals surface area contributed by atoms with Crippen molar-refractivity contribution in [3.63, 3.8) is 0 Å². The lowest BCUT2D eigenvalue weighted by atomic mass is 10.2. The van der Waals surface area contributed by atoms with E-state index in [4.69, 9.17) is 9.47 Å². The van der Waals surface area contributed by atoms with Crippen molar-refractivity contribution in [3.8, 4) is 11.4 Å². The molecule has 2 aromatic rings. The van der Waals surface area contributed by atoms with Crippen molar-refractivity contribution in [1.29, 1.82) is 0 Å². The molecule has 0 saturated carbocycles. The van der Waals surface area contributed by atoms with Crippen molar-refractivity contribution in [1.82, 2.24) is 14.9 Å². The van der Waals surface area contributed by atoms with Crippen LogP contribution in [0.2, 0.25) is 0 Å². The fourth-order valence-electron chi connectivity index (χ4n) is 3.20. The Kier molecular flexibility index (Phi) is 4.72. The SMILES string of the molecule is O=C(COC[C@H]1CCCO1)N1Cc2cnc(-c3ccccc3)nc2C1. The molecule has 4 rings (SSSR count). The zero-order chi connectivity index (χ0) is 17.1. The van der Waals surface area contributed by atoms with Crippen molar-refractivity contribution >= 4 is 5.91 Å². The van der Waals surface area contributed by atoms with E-state index in [0.29, 0.717) is 25.5 Å². The van der Waals surface area contributed by atoms with Gasteiger partial charge < -0.3 is 14.4 Å². The Morgan fingerprint density at radius 1 is 1.28 bits per heavy atom. The number of benzene rings is 1. The molecule has 0 aliphatic carbocycles. The van der Waals surface area contributed by atoms with Gasteiger partial charge in [0, 0.05) is 30.5 Å². The van der Waals surface area contributed by atoms with Crippen molar-refractivity contribution in [2.75, 3.05) is 19.8 Å². The summed E-state index contributed by atoms with van der Waals surface area (Å²) in [6.07, 6.45) is 4.06. The number of hydrogen-bond donors (Lipinski definition) is 0. The molecule has 25 heavy (non-hydrogen) atoms. The van der Waals surface area contributed by atoms with Gasteiger partial charge >= 0.3 is 0 Å². The summed E-state index contributed by atoms with van der Waals surface area (Å²) in [7, 11) is 0. The first-order valence-corrected chi connectivity index (χ1v) is 8.67. The number of carbonyl (C=O) groups excluding carboxylic acids is 1. The summed E-state index contributed by atoms with van der Waals surface area (Å²) < 4.78 is 11.0. The Labute approximate surface area is 146 Å². The van der Waals surface area contributed by atoms with E-state index < -0.39 is 0 Å². The molecule has 1 atom stereocenters. The molecule has 1 amide bonds. The maximum atomic E-state index is 12.4. The van der Waals surface area contributed by atoms with Gasteiger partial charge in [-0.25, -0.2) is 9.97 Å². The van der Waals surface area contributed by atoms with Crippen LogP contribution in [0.4, 0.5) is 0 Å². The maximum Gasteiger partial charge on any atom is 0.249 e. The summed E-state index contributed by atoms with van der Waals surface area (Å²) in [5, 5.41) is 0. The Balaban J connectivity index is 1.35. The monoisotopic (exact) mass is 339 g/mol. The van der Waals surface area contributed by atoms with Crippen LogP contribution in [0.25, 0.3) is 11.4 Å². The van der Waals surface area contributed by atoms with Crippen molar-refractivity contribution in [2.24, 2.45) is 0 Å². The average Bonchev–Trinajstić information content (AvgIpc) is 3.31. The molecule has 1 aromatic heterocycles. The molecule has 2 aliphatic rings. The standard InChI is InChI=1S/C19H21N3O3/c23-18(13-24-12-16-7-4-8-25-16)22-10-15-9-20-19(21-17(15)11-22)14-5-2-1-3-6-14/h1-3,5-6,9,16H,4,7-8,10-13H2/t16-/m1/s1. The van der Waals surface area contributed by atoms with Gasteiger partial charge in [-0.2, -0.15) is 0 Å². The number of aromatic nitrogens is 2. The molecule has 0 spiro atoms. The molecule has 6 nitrogen and oxygen atoms in total. The molecular weight excluding hydrogens is 318 g/mol. The second-order valence-electron chi connectivity index (χ2n) is 6.43. The van der Waals surface area contributed by atoms with E-state index in [0.717, 1.165) is 36.3 Å². The largest absolute Gasteiger partial charge is 0.376 e. The van der Waals surface area contributed by atoms with E-state index in [9.17, 15) is 4.79 Å². The molecule has 3 heterocycles. The number of hydrogen-bond acceptors (Lipinski definition) is 5. The summed E-state index contributed by atoms with van der Waals surface area (Å²) in [4.78, 5) is 23.2. The Morgan fingerprint density at radius 3 is 2.96 bits per heavy atom. The van der Waals surface area contributed by atoms with E-state index in [1.54, 1.807) is 4.90 Å². The van der Waals surface area contributed by atoms with E-state index in [1.807, 2.05) is 36.5 Å². The lowest BCUT2D eigenvalue weighted by Gasteiger charge is -2.16. The van der Waals surface area contributed by atoms with E-state index in [-0.39, 0.29) is 18.6 Å². The summed E-state index contributed by atoms with van der Waals surface area (Å²) >= 11 is 0. The first-order chi connectivity index (χ1) is 12.3. The number of ether oxygens (including phenoxy) is 2. The number of amides is 1. The highest BCUT2D eigenvalue weighted by Gasteiger charge is 2.26. The number of carbonyl (C=O) groups is 1. The minimum atomic E-state index is -0.0164. The quantitative estimate of drug-likeness (QED) is 0.835. The summed E-state index contributed by atoms with van der Waals surface area (Å²) in [5.74, 6) is 0.681. The minimum Gasteiger partial charge on any atom is -0.376 e. The normalized spacial score (nSPS) is 19.2. The average molecular weight is 339 g/mol. The molecule has 1 saturated heterocycles. The van der Waals surface area contributed by atoms with Gasteiger partial charge in [-0.1, -0.05) is 30.3 Å². The fourth-order valence-corrected chi connectivity index (χ4v) is 3.20. The summed E-state index contributed by atoms with van der Waals surface area (Å²) in [6.45, 7) is 2.44. The topological polar surface area (TPSA) is 64.6 Å². The van der Waals surface area contributed by atoms with Crippen LogP contribution in [0.1, 0.15) is 24.1 Å². The van der Waals surface area contributed by atoms with Gasteiger partial charge in [-0.05, 0) is 12.8 Å². The van der Waals surface area contributed by atoms with Crippen LogP contribution in [0.15, 0.2) is 36.5 Å². The number of fused-ring (bicyclic) bond motifs is 1. The lowest BCUT2D eigenvalue weighted by Crippen LogP contribution is -2.30. The molecule has 0 unspecified atom stereocenters. The summed E-state index contributed by atoms with van der Waals surface area (Å²) in [5.41, 5.74) is 2.91. The molecule has 2 aliphatic heterocycles. The summed E-state index contributed by atoms with van der Waals surface area (Å²) in [6, 6.07) is 9.87. The molecule has 1 aromatic carbocycles. The van der Waals surface area contributed by atoms with Crippen LogP contribution in [-0.2, 0) is 27.4 Å². The zero-order valence-corrected chi connectivity index (χ0v) is 14.1. The lowest BCUT2D eigenvalue weighted by molar-refractivity contribution is -0.137. The van der Waals surface area contributed by atoms with Crippen LogP contribution in [0.3, 0.4) is 0 Å². The first-order valence-electron chi connectivity index (χ1n) is 8.67. The van der Waals surface area contributed by atoms with Crippen LogP contribution in [0.5, 0.6) is 0 Å². The third-order valence-corrected chi connectivity index (χ3v) is 4.59. The van der Waals surface area contributed by atoms with E-state index >= 15 is 0 Å². The van der Waals surface area contributed by atoms with Gasteiger partial charge in [-0.3, -0.25) is 4.79 Å². The minimum absolute atomic E-state index is 0.0164. The number of rotatable bonds is 5. The van der Waals surface area contributed by atoms with Crippen LogP contribution < -0.4 is 0 Å². The van der Waals surface area contributed by atoms with Crippen molar-refractivity contribution in [2.45, 2.75) is 32.0 Å². The van der Waals surface area contributed by atoms with Crippen molar-refractivity contribution < 1.29 is 14.3 Å². The molecule has 6 heteroatoms. The molecule has 0 N–H and O–H groups in total. The highest BCUT2D eigenvalue weighted by Crippen LogP contribution is 2.23. The van der Waals surface area contributed by atoms with Gasteiger partial charge in [0.1, 0.15) is 6.61 Å². The van der Waals surface area contributed by atoms with Gasteiger partial charge in [0.2, 0.25) is 5.91 Å². The molecule has 0 radical (unpaired) electrons. The third-order valence-electron chi connectivity index (χ3n) is 4.59. The zero-order valence-electron chi connectivity index (χ0n) is 14.1. The van der Waals surface area contributed by atoms with Gasteiger partial charge in [0.25, 0.3) is 0 Å². The van der Waals surface area contributed by atoms with Crippen molar-refractivity contribution in [3.05, 3.63) is 47.8 Å². The van der Waals surface area contributed by atoms with Crippen LogP contribution in [-0.4, -0.2) is 46.7 Å². The fraction of sp³-hybridized carbons (Fsp3) is 0.421. The van der Waals surface area contributed by atoms with Gasteiger partial charge in [-0.15, -0.1) is 0 Å². The van der Waals surface area contributed by atoms with E-state index in [2.05, 4.69) is 9.97 Å². The Morgan fingerprint density at radius 2 is 2.16 bits per heavy atom. The second kappa shape index (κ2) is 7.29. The second-order valence-corrected chi connectivity index (χ2v) is 6.43. The third kappa shape index (κ3) is 3.70. The molecule has 1 fully saturated rings. The maximum absolute atomic E-state index is 12.4. The Bertz CT molecular complexity index is 745. The van der Waals surface area contributed by atoms with Gasteiger partial charge in [0.05, 0.1) is 24.9 Å². The number of nitrogens with zero attached hydrogens (tertiary/aromatic N) is 3. The molecule has 0 bridgehead atoms. The molecule has 130 valence electrons. The van der Waals surface area contributed by atoms with E-state index in [1.165, 1.54) is 0 Å². The first kappa shape index (κ1) is 16.2. The predicted octanol–water partition coefficient (Wildman–Crippen LogP) is 2.18.